The minimum Gasteiger partial charge on any atom is -0.497 e. The molecule has 3 N–H and O–H groups in total. The molecule has 1 amide bonds. The second kappa shape index (κ2) is 7.31. The summed E-state index contributed by atoms with van der Waals surface area (Å²) in [6.45, 7) is 6.78. The molecule has 0 heterocycles. The second-order valence-corrected chi connectivity index (χ2v) is 6.04. The molecule has 5 heteroatoms. The maximum Gasteiger partial charge on any atom is 0.255 e. The third-order valence-electron chi connectivity index (χ3n) is 3.46. The molecule has 118 valence electrons. The van der Waals surface area contributed by atoms with Crippen molar-refractivity contribution in [2.75, 3.05) is 20.8 Å². The number of methoxy groups -OCH3 is 2. The lowest BCUT2D eigenvalue weighted by molar-refractivity contribution is 0.0895. The lowest BCUT2D eigenvalue weighted by Crippen LogP contribution is -2.44. The number of hydrogen-bond acceptors (Lipinski definition) is 4. The molecule has 0 saturated carbocycles. The van der Waals surface area contributed by atoms with E-state index in [1.165, 1.54) is 7.11 Å². The number of nitrogens with one attached hydrogen (secondary N) is 1. The Bertz CT molecular complexity index is 481. The van der Waals surface area contributed by atoms with Gasteiger partial charge in [0.1, 0.15) is 11.5 Å². The smallest absolute Gasteiger partial charge is 0.255 e. The fourth-order valence-corrected chi connectivity index (χ4v) is 2.11. The van der Waals surface area contributed by atoms with Crippen LogP contribution in [0.5, 0.6) is 11.5 Å². The Hall–Kier alpha value is -1.75. The van der Waals surface area contributed by atoms with E-state index < -0.39 is 0 Å². The zero-order valence-electron chi connectivity index (χ0n) is 13.5. The Kier molecular flexibility index (Phi) is 6.03. The molecular formula is C16H26N2O3. The van der Waals surface area contributed by atoms with Gasteiger partial charge >= 0.3 is 0 Å². The van der Waals surface area contributed by atoms with Crippen molar-refractivity contribution in [3.8, 4) is 11.5 Å². The van der Waals surface area contributed by atoms with Crippen LogP contribution in [0.1, 0.15) is 37.6 Å². The molecule has 1 rings (SSSR count). The Morgan fingerprint density at radius 2 is 1.95 bits per heavy atom. The molecule has 0 bridgehead atoms. The van der Waals surface area contributed by atoms with Gasteiger partial charge in [0, 0.05) is 12.1 Å². The van der Waals surface area contributed by atoms with Crippen LogP contribution in [0.3, 0.4) is 0 Å². The Morgan fingerprint density at radius 1 is 1.29 bits per heavy atom. The van der Waals surface area contributed by atoms with Gasteiger partial charge in [0.25, 0.3) is 5.91 Å². The van der Waals surface area contributed by atoms with E-state index in [9.17, 15) is 4.79 Å². The molecule has 1 unspecified atom stereocenters. The maximum atomic E-state index is 12.5. The van der Waals surface area contributed by atoms with E-state index in [4.69, 9.17) is 15.2 Å². The van der Waals surface area contributed by atoms with Crippen LogP contribution in [0, 0.1) is 5.41 Å². The Balaban J connectivity index is 2.97. The van der Waals surface area contributed by atoms with Crippen molar-refractivity contribution in [2.24, 2.45) is 11.1 Å². The first-order valence-electron chi connectivity index (χ1n) is 7.06. The van der Waals surface area contributed by atoms with Gasteiger partial charge in [-0.1, -0.05) is 20.8 Å². The minimum atomic E-state index is -0.164. The van der Waals surface area contributed by atoms with Crippen molar-refractivity contribution in [2.45, 2.75) is 33.2 Å². The van der Waals surface area contributed by atoms with Gasteiger partial charge in [-0.3, -0.25) is 4.79 Å². The van der Waals surface area contributed by atoms with Crippen LogP contribution in [-0.4, -0.2) is 32.7 Å². The molecule has 5 nitrogen and oxygen atoms in total. The number of carbonyl (C=O) groups is 1. The first kappa shape index (κ1) is 17.3. The van der Waals surface area contributed by atoms with E-state index in [0.29, 0.717) is 23.6 Å². The zero-order valence-corrected chi connectivity index (χ0v) is 13.5. The quantitative estimate of drug-likeness (QED) is 0.843. The molecule has 1 atom stereocenters. The number of nitrogens with two attached hydrogens (primary N) is 1. The minimum absolute atomic E-state index is 0.00167. The molecule has 1 aromatic carbocycles. The van der Waals surface area contributed by atoms with Gasteiger partial charge in [0.05, 0.1) is 19.8 Å². The fourth-order valence-electron chi connectivity index (χ4n) is 2.11. The van der Waals surface area contributed by atoms with Gasteiger partial charge in [0.15, 0.2) is 0 Å². The molecule has 0 spiro atoms. The van der Waals surface area contributed by atoms with E-state index in [0.717, 1.165) is 6.42 Å². The van der Waals surface area contributed by atoms with Gasteiger partial charge in [-0.05, 0) is 30.5 Å². The van der Waals surface area contributed by atoms with Crippen LogP contribution in [0.15, 0.2) is 18.2 Å². The predicted molar refractivity (Wildman–Crippen MR) is 83.9 cm³/mol. The van der Waals surface area contributed by atoms with Crippen molar-refractivity contribution in [1.82, 2.24) is 5.32 Å². The number of benzene rings is 1. The van der Waals surface area contributed by atoms with E-state index in [-0.39, 0.29) is 17.4 Å². The molecule has 0 fully saturated rings. The summed E-state index contributed by atoms with van der Waals surface area (Å²) >= 11 is 0. The molecule has 0 aliphatic rings. The zero-order chi connectivity index (χ0) is 16.0. The van der Waals surface area contributed by atoms with E-state index in [1.54, 1.807) is 25.3 Å². The number of rotatable bonds is 6. The molecule has 0 aliphatic heterocycles. The molecule has 0 saturated heterocycles. The van der Waals surface area contributed by atoms with Crippen LogP contribution in [0.4, 0.5) is 0 Å². The topological polar surface area (TPSA) is 73.6 Å². The summed E-state index contributed by atoms with van der Waals surface area (Å²) in [6.07, 6.45) is 0.730. The molecule has 21 heavy (non-hydrogen) atoms. The van der Waals surface area contributed by atoms with Crippen LogP contribution in [0.25, 0.3) is 0 Å². The number of hydrogen-bond donors (Lipinski definition) is 2. The Labute approximate surface area is 126 Å². The lowest BCUT2D eigenvalue weighted by atomic mass is 9.84. The van der Waals surface area contributed by atoms with Gasteiger partial charge in [0.2, 0.25) is 0 Å². The lowest BCUT2D eigenvalue weighted by Gasteiger charge is -2.31. The van der Waals surface area contributed by atoms with Crippen molar-refractivity contribution >= 4 is 5.91 Å². The average molecular weight is 294 g/mol. The van der Waals surface area contributed by atoms with Crippen LogP contribution in [-0.2, 0) is 0 Å². The largest absolute Gasteiger partial charge is 0.497 e. The maximum absolute atomic E-state index is 12.5. The highest BCUT2D eigenvalue weighted by atomic mass is 16.5. The average Bonchev–Trinajstić information content (AvgIpc) is 2.44. The highest BCUT2D eigenvalue weighted by molar-refractivity contribution is 5.97. The highest BCUT2D eigenvalue weighted by Crippen LogP contribution is 2.26. The third kappa shape index (κ3) is 4.63. The van der Waals surface area contributed by atoms with Gasteiger partial charge < -0.3 is 20.5 Å². The Morgan fingerprint density at radius 3 is 2.43 bits per heavy atom. The summed E-state index contributed by atoms with van der Waals surface area (Å²) in [6, 6.07) is 5.15. The van der Waals surface area contributed by atoms with Crippen molar-refractivity contribution in [3.05, 3.63) is 23.8 Å². The normalized spacial score (nSPS) is 12.7. The summed E-state index contributed by atoms with van der Waals surface area (Å²) in [7, 11) is 3.11. The summed E-state index contributed by atoms with van der Waals surface area (Å²) in [5.74, 6) is 0.980. The predicted octanol–water partition coefficient (Wildman–Crippen LogP) is 2.20. The number of carbonyl (C=O) groups excluding carboxylic acids is 1. The fraction of sp³-hybridized carbons (Fsp3) is 0.562. The van der Waals surface area contributed by atoms with E-state index in [2.05, 4.69) is 26.1 Å². The van der Waals surface area contributed by atoms with Gasteiger partial charge in [-0.15, -0.1) is 0 Å². The van der Waals surface area contributed by atoms with E-state index in [1.807, 2.05) is 0 Å². The first-order chi connectivity index (χ1) is 9.83. The highest BCUT2D eigenvalue weighted by Gasteiger charge is 2.26. The van der Waals surface area contributed by atoms with Crippen molar-refractivity contribution < 1.29 is 14.3 Å². The van der Waals surface area contributed by atoms with Crippen molar-refractivity contribution in [3.63, 3.8) is 0 Å². The molecule has 0 aromatic heterocycles. The van der Waals surface area contributed by atoms with E-state index >= 15 is 0 Å². The van der Waals surface area contributed by atoms with Crippen LogP contribution < -0.4 is 20.5 Å². The SMILES string of the molecule is COc1ccc(C(=O)NC(CCN)C(C)(C)C)c(OC)c1. The standard InChI is InChI=1S/C16H26N2O3/c1-16(2,3)14(8-9-17)18-15(19)12-7-6-11(20-4)10-13(12)21-5/h6-7,10,14H,8-9,17H2,1-5H3,(H,18,19). The summed E-state index contributed by atoms with van der Waals surface area (Å²) in [5.41, 5.74) is 6.07. The number of ether oxygens (including phenoxy) is 2. The third-order valence-corrected chi connectivity index (χ3v) is 3.46. The second-order valence-electron chi connectivity index (χ2n) is 6.04. The molecule has 1 aromatic rings. The monoisotopic (exact) mass is 294 g/mol. The summed E-state index contributed by atoms with van der Waals surface area (Å²) in [5, 5.41) is 3.05. The van der Waals surface area contributed by atoms with Gasteiger partial charge in [-0.25, -0.2) is 0 Å². The first-order valence-corrected chi connectivity index (χ1v) is 7.06. The molecule has 0 aliphatic carbocycles. The van der Waals surface area contributed by atoms with Crippen LogP contribution in [0.2, 0.25) is 0 Å². The van der Waals surface area contributed by atoms with Crippen molar-refractivity contribution in [1.29, 1.82) is 0 Å². The van der Waals surface area contributed by atoms with Gasteiger partial charge in [-0.2, -0.15) is 0 Å². The summed E-state index contributed by atoms with van der Waals surface area (Å²) < 4.78 is 10.4. The molecular weight excluding hydrogens is 268 g/mol. The van der Waals surface area contributed by atoms with Crippen LogP contribution >= 0.6 is 0 Å². The number of amides is 1. The molecule has 0 radical (unpaired) electrons. The summed E-state index contributed by atoms with van der Waals surface area (Å²) in [4.78, 5) is 12.5.